The number of allylic oxidation sites excluding steroid dienone is 1. The van der Waals surface area contributed by atoms with E-state index >= 15 is 0 Å². The van der Waals surface area contributed by atoms with Crippen LogP contribution in [0.5, 0.6) is 0 Å². The van der Waals surface area contributed by atoms with Gasteiger partial charge in [-0.15, -0.1) is 0 Å². The van der Waals surface area contributed by atoms with E-state index in [2.05, 4.69) is 5.32 Å². The standard InChI is InChI=1S/C30H31N3O4/c1-3-8-21-13-16-24-28-27(23(18-34)25(17-32(24)30(21)37)33(28)26(35)4-2)29(36)31-22-14-11-20(12-15-22)19-9-6-5-7-10-19/h3,5-16,23,25,27-28,34H,4,17-18H2,1-2H3,(H,31,36)/t23-,25-,27+,28+/m1/s1. The lowest BCUT2D eigenvalue weighted by Crippen LogP contribution is -2.49. The van der Waals surface area contributed by atoms with Gasteiger partial charge in [0, 0.05) is 42.4 Å². The van der Waals surface area contributed by atoms with Crippen LogP contribution in [0, 0.1) is 11.8 Å². The number of nitrogens with one attached hydrogen (secondary N) is 1. The van der Waals surface area contributed by atoms with Gasteiger partial charge in [-0.25, -0.2) is 0 Å². The Balaban J connectivity index is 1.50. The molecule has 190 valence electrons. The van der Waals surface area contributed by atoms with Gasteiger partial charge in [0.2, 0.25) is 11.8 Å². The second-order valence-electron chi connectivity index (χ2n) is 9.60. The molecule has 1 fully saturated rings. The maximum atomic E-state index is 13.7. The Labute approximate surface area is 216 Å². The topological polar surface area (TPSA) is 91.6 Å². The van der Waals surface area contributed by atoms with Gasteiger partial charge in [0.25, 0.3) is 5.56 Å². The van der Waals surface area contributed by atoms with Crippen LogP contribution in [0.15, 0.2) is 77.6 Å². The van der Waals surface area contributed by atoms with Crippen LogP contribution in [-0.2, 0) is 16.1 Å². The van der Waals surface area contributed by atoms with Crippen molar-refractivity contribution in [3.8, 4) is 11.1 Å². The molecule has 7 heteroatoms. The van der Waals surface area contributed by atoms with Gasteiger partial charge in [-0.1, -0.05) is 61.5 Å². The first-order valence-corrected chi connectivity index (χ1v) is 12.7. The molecule has 2 bridgehead atoms. The minimum atomic E-state index is -0.694. The van der Waals surface area contributed by atoms with E-state index < -0.39 is 23.9 Å². The number of aliphatic hydroxyl groups excluding tert-OH is 1. The van der Waals surface area contributed by atoms with E-state index in [4.69, 9.17) is 0 Å². The predicted octanol–water partition coefficient (Wildman–Crippen LogP) is 4.09. The van der Waals surface area contributed by atoms with Gasteiger partial charge in [0.15, 0.2) is 0 Å². The maximum Gasteiger partial charge on any atom is 0.258 e. The van der Waals surface area contributed by atoms with Gasteiger partial charge in [-0.05, 0) is 42.3 Å². The van der Waals surface area contributed by atoms with Crippen molar-refractivity contribution in [2.45, 2.75) is 38.9 Å². The average molecular weight is 498 g/mol. The fourth-order valence-corrected chi connectivity index (χ4v) is 5.86. The summed E-state index contributed by atoms with van der Waals surface area (Å²) in [6.45, 7) is 3.63. The van der Waals surface area contributed by atoms with Gasteiger partial charge < -0.3 is 19.9 Å². The molecule has 2 aliphatic heterocycles. The SMILES string of the molecule is CC=Cc1ccc2n(c1=O)C[C@@H]1[C@@H](CO)[C@H](C(=O)Nc3ccc(-c4ccccc4)cc3)[C@H]2N1C(=O)CC. The minimum Gasteiger partial charge on any atom is -0.396 e. The summed E-state index contributed by atoms with van der Waals surface area (Å²) >= 11 is 0. The highest BCUT2D eigenvalue weighted by molar-refractivity contribution is 5.95. The zero-order chi connectivity index (χ0) is 26.1. The predicted molar refractivity (Wildman–Crippen MR) is 144 cm³/mol. The summed E-state index contributed by atoms with van der Waals surface area (Å²) < 4.78 is 1.68. The number of pyridine rings is 1. The largest absolute Gasteiger partial charge is 0.396 e. The van der Waals surface area contributed by atoms with Crippen LogP contribution in [0.1, 0.15) is 37.6 Å². The molecule has 0 aliphatic carbocycles. The zero-order valence-corrected chi connectivity index (χ0v) is 21.0. The number of benzene rings is 2. The van der Waals surface area contributed by atoms with E-state index in [1.54, 1.807) is 28.5 Å². The van der Waals surface area contributed by atoms with Crippen LogP contribution in [-0.4, -0.2) is 39.0 Å². The normalized spacial score (nSPS) is 22.2. The molecule has 3 heterocycles. The quantitative estimate of drug-likeness (QED) is 0.537. The van der Waals surface area contributed by atoms with Gasteiger partial charge >= 0.3 is 0 Å². The van der Waals surface area contributed by atoms with Crippen molar-refractivity contribution in [2.24, 2.45) is 11.8 Å². The molecule has 7 nitrogen and oxygen atoms in total. The fourth-order valence-electron chi connectivity index (χ4n) is 5.86. The molecule has 0 spiro atoms. The third-order valence-electron chi connectivity index (χ3n) is 7.57. The summed E-state index contributed by atoms with van der Waals surface area (Å²) in [4.78, 5) is 41.8. The summed E-state index contributed by atoms with van der Waals surface area (Å²) in [7, 11) is 0. The van der Waals surface area contributed by atoms with E-state index in [-0.39, 0.29) is 36.9 Å². The number of hydrogen-bond acceptors (Lipinski definition) is 4. The summed E-state index contributed by atoms with van der Waals surface area (Å²) in [6.07, 6.45) is 3.85. The molecule has 2 aliphatic rings. The second kappa shape index (κ2) is 10.2. The first kappa shape index (κ1) is 24.7. The third-order valence-corrected chi connectivity index (χ3v) is 7.57. The Bertz CT molecular complexity index is 1390. The van der Waals surface area contributed by atoms with E-state index in [1.165, 1.54) is 0 Å². The van der Waals surface area contributed by atoms with Crippen molar-refractivity contribution in [3.63, 3.8) is 0 Å². The molecule has 1 saturated heterocycles. The van der Waals surface area contributed by atoms with Crippen molar-refractivity contribution in [2.75, 3.05) is 11.9 Å². The molecule has 0 saturated carbocycles. The molecule has 0 unspecified atom stereocenters. The van der Waals surface area contributed by atoms with E-state index in [9.17, 15) is 19.5 Å². The lowest BCUT2D eigenvalue weighted by Gasteiger charge is -2.38. The summed E-state index contributed by atoms with van der Waals surface area (Å²) in [6, 6.07) is 20.1. The number of hydrogen-bond donors (Lipinski definition) is 2. The van der Waals surface area contributed by atoms with Gasteiger partial charge in [-0.3, -0.25) is 14.4 Å². The summed E-state index contributed by atoms with van der Waals surface area (Å²) in [5, 5.41) is 13.4. The van der Waals surface area contributed by atoms with Crippen molar-refractivity contribution in [3.05, 3.63) is 94.4 Å². The van der Waals surface area contributed by atoms with E-state index in [1.807, 2.05) is 73.7 Å². The monoisotopic (exact) mass is 497 g/mol. The highest BCUT2D eigenvalue weighted by Crippen LogP contribution is 2.48. The van der Waals surface area contributed by atoms with Crippen LogP contribution in [0.4, 0.5) is 5.69 Å². The van der Waals surface area contributed by atoms with Crippen LogP contribution in [0.25, 0.3) is 17.2 Å². The smallest absolute Gasteiger partial charge is 0.258 e. The third kappa shape index (κ3) is 4.29. The number of aliphatic hydroxyl groups is 1. The molecule has 5 rings (SSSR count). The molecular formula is C30H31N3O4. The van der Waals surface area contributed by atoms with Gasteiger partial charge in [0.05, 0.1) is 18.0 Å². The lowest BCUT2D eigenvalue weighted by atomic mass is 9.86. The number of anilines is 1. The summed E-state index contributed by atoms with van der Waals surface area (Å²) in [5.41, 5.74) is 3.79. The van der Waals surface area contributed by atoms with Gasteiger partial charge in [0.1, 0.15) is 0 Å². The highest BCUT2D eigenvalue weighted by atomic mass is 16.3. The fraction of sp³-hybridized carbons (Fsp3) is 0.300. The zero-order valence-electron chi connectivity index (χ0n) is 21.0. The Kier molecular flexibility index (Phi) is 6.80. The average Bonchev–Trinajstić information content (AvgIpc) is 3.17. The van der Waals surface area contributed by atoms with Crippen LogP contribution in [0.3, 0.4) is 0 Å². The van der Waals surface area contributed by atoms with Crippen molar-refractivity contribution in [1.82, 2.24) is 9.47 Å². The number of amides is 2. The molecule has 4 atom stereocenters. The second-order valence-corrected chi connectivity index (χ2v) is 9.60. The van der Waals surface area contributed by atoms with Crippen molar-refractivity contribution < 1.29 is 14.7 Å². The van der Waals surface area contributed by atoms with E-state index in [0.29, 0.717) is 16.9 Å². The van der Waals surface area contributed by atoms with Crippen molar-refractivity contribution >= 4 is 23.6 Å². The Morgan fingerprint density at radius 1 is 1.03 bits per heavy atom. The Morgan fingerprint density at radius 3 is 2.38 bits per heavy atom. The van der Waals surface area contributed by atoms with Crippen molar-refractivity contribution in [1.29, 1.82) is 0 Å². The highest BCUT2D eigenvalue weighted by Gasteiger charge is 2.57. The van der Waals surface area contributed by atoms with Crippen LogP contribution in [0.2, 0.25) is 0 Å². The minimum absolute atomic E-state index is 0.0906. The molecule has 37 heavy (non-hydrogen) atoms. The number of fused-ring (bicyclic) bond motifs is 4. The van der Waals surface area contributed by atoms with Crippen LogP contribution >= 0.6 is 0 Å². The Hall–Kier alpha value is -3.97. The number of aromatic nitrogens is 1. The molecule has 0 radical (unpaired) electrons. The summed E-state index contributed by atoms with van der Waals surface area (Å²) in [5.74, 6) is -1.55. The molecule has 1 aromatic heterocycles. The molecule has 2 N–H and O–H groups in total. The number of carbonyl (C=O) groups is 2. The first-order valence-electron chi connectivity index (χ1n) is 12.7. The Morgan fingerprint density at radius 2 is 1.73 bits per heavy atom. The molecule has 2 amide bonds. The molecule has 2 aromatic carbocycles. The lowest BCUT2D eigenvalue weighted by molar-refractivity contribution is -0.136. The van der Waals surface area contributed by atoms with Crippen LogP contribution < -0.4 is 10.9 Å². The molecular weight excluding hydrogens is 466 g/mol. The number of nitrogens with zero attached hydrogens (tertiary/aromatic N) is 2. The maximum absolute atomic E-state index is 13.7. The molecule has 3 aromatic rings. The van der Waals surface area contributed by atoms with E-state index in [0.717, 1.165) is 11.1 Å². The van der Waals surface area contributed by atoms with Gasteiger partial charge in [-0.2, -0.15) is 0 Å². The first-order chi connectivity index (χ1) is 18.0. The number of carbonyl (C=O) groups excluding carboxylic acids is 2. The number of rotatable bonds is 6.